The van der Waals surface area contributed by atoms with Gasteiger partial charge < -0.3 is 14.7 Å². The molecule has 0 spiro atoms. The van der Waals surface area contributed by atoms with E-state index in [1.54, 1.807) is 23.2 Å². The van der Waals surface area contributed by atoms with Crippen molar-refractivity contribution in [3.63, 3.8) is 0 Å². The van der Waals surface area contributed by atoms with E-state index in [1.807, 2.05) is 27.0 Å². The largest absolute Gasteiger partial charge is 0.472 e. The maximum atomic E-state index is 13.5. The highest BCUT2D eigenvalue weighted by atomic mass is 79.9. The zero-order chi connectivity index (χ0) is 21.8. The van der Waals surface area contributed by atoms with Crippen LogP contribution >= 0.6 is 15.9 Å². The molecule has 3 atom stereocenters. The van der Waals surface area contributed by atoms with Crippen LogP contribution in [0.15, 0.2) is 41.0 Å². The molecule has 0 radical (unpaired) electrons. The van der Waals surface area contributed by atoms with Crippen LogP contribution in [0, 0.1) is 11.7 Å². The highest BCUT2D eigenvalue weighted by Crippen LogP contribution is 2.28. The van der Waals surface area contributed by atoms with Crippen molar-refractivity contribution < 1.29 is 19.0 Å². The fraction of sp³-hybridized carbons (Fsp3) is 0.455. The van der Waals surface area contributed by atoms with Gasteiger partial charge in [0.15, 0.2) is 0 Å². The summed E-state index contributed by atoms with van der Waals surface area (Å²) in [4.78, 5) is 21.2. The molecule has 1 aliphatic rings. The molecular weight excluding hydrogens is 453 g/mol. The summed E-state index contributed by atoms with van der Waals surface area (Å²) < 4.78 is 20.4. The van der Waals surface area contributed by atoms with Crippen molar-refractivity contribution in [1.82, 2.24) is 14.8 Å². The van der Waals surface area contributed by atoms with Gasteiger partial charge in [0.2, 0.25) is 5.88 Å². The molecule has 30 heavy (non-hydrogen) atoms. The molecule has 0 fully saturated rings. The van der Waals surface area contributed by atoms with Gasteiger partial charge >= 0.3 is 0 Å². The van der Waals surface area contributed by atoms with Crippen molar-refractivity contribution in [2.45, 2.75) is 32.5 Å². The van der Waals surface area contributed by atoms with Gasteiger partial charge in [-0.3, -0.25) is 9.69 Å². The molecule has 8 heteroatoms. The number of hydrogen-bond donors (Lipinski definition) is 1. The number of ether oxygens (including phenoxy) is 1. The second kappa shape index (κ2) is 9.85. The molecular formula is C22H27BrFN3O3. The van der Waals surface area contributed by atoms with Gasteiger partial charge in [-0.1, -0.05) is 19.1 Å². The minimum absolute atomic E-state index is 0.00323. The second-order valence-corrected chi connectivity index (χ2v) is 8.87. The summed E-state index contributed by atoms with van der Waals surface area (Å²) >= 11 is 3.37. The molecule has 1 aromatic heterocycles. The predicted octanol–water partition coefficient (Wildman–Crippen LogP) is 3.34. The van der Waals surface area contributed by atoms with Gasteiger partial charge in [-0.05, 0) is 53.7 Å². The summed E-state index contributed by atoms with van der Waals surface area (Å²) in [7, 11) is 1.95. The summed E-state index contributed by atoms with van der Waals surface area (Å²) in [5.41, 5.74) is 1.25. The van der Waals surface area contributed by atoms with Gasteiger partial charge in [0.1, 0.15) is 17.5 Å². The molecule has 2 heterocycles. The number of aliphatic hydroxyl groups excluding tert-OH is 1. The number of aliphatic hydroxyl groups is 1. The fourth-order valence-electron chi connectivity index (χ4n) is 3.61. The first-order valence-corrected chi connectivity index (χ1v) is 10.7. The highest BCUT2D eigenvalue weighted by molar-refractivity contribution is 9.10. The Balaban J connectivity index is 1.85. The van der Waals surface area contributed by atoms with Gasteiger partial charge in [-0.15, -0.1) is 0 Å². The number of pyridine rings is 1. The van der Waals surface area contributed by atoms with Crippen LogP contribution in [0.1, 0.15) is 29.8 Å². The van der Waals surface area contributed by atoms with Crippen LogP contribution in [0.2, 0.25) is 0 Å². The molecule has 0 unspecified atom stereocenters. The summed E-state index contributed by atoms with van der Waals surface area (Å²) in [6, 6.07) is 7.92. The summed E-state index contributed by atoms with van der Waals surface area (Å²) in [5, 5.41) is 9.66. The summed E-state index contributed by atoms with van der Waals surface area (Å²) in [6.07, 6.45) is 1.36. The van der Waals surface area contributed by atoms with E-state index in [0.29, 0.717) is 29.7 Å². The first-order chi connectivity index (χ1) is 14.3. The monoisotopic (exact) mass is 479 g/mol. The molecule has 1 aliphatic heterocycles. The molecule has 1 aromatic carbocycles. The molecule has 6 nitrogen and oxygen atoms in total. The smallest absolute Gasteiger partial charge is 0.259 e. The Morgan fingerprint density at radius 2 is 2.20 bits per heavy atom. The van der Waals surface area contributed by atoms with Crippen molar-refractivity contribution >= 4 is 21.8 Å². The molecule has 0 saturated heterocycles. The van der Waals surface area contributed by atoms with Crippen LogP contribution < -0.4 is 4.74 Å². The predicted molar refractivity (Wildman–Crippen MR) is 116 cm³/mol. The maximum absolute atomic E-state index is 13.5. The first kappa shape index (κ1) is 22.7. The number of likely N-dealkylation sites (N-methyl/N-ethyl adjacent to an activating group) is 1. The number of amides is 1. The van der Waals surface area contributed by atoms with Crippen molar-refractivity contribution in [2.24, 2.45) is 5.92 Å². The lowest BCUT2D eigenvalue weighted by molar-refractivity contribution is 0.0325. The molecule has 1 N–H and O–H groups in total. The Hall–Kier alpha value is -2.03. The van der Waals surface area contributed by atoms with E-state index in [1.165, 1.54) is 12.1 Å². The SMILES string of the molecule is C[C@H](CO)N1C[C@H](C)[C@@H](CN(C)Cc2cccc(F)c2)Oc2ncc(Br)cc2C1=O. The molecule has 0 aliphatic carbocycles. The van der Waals surface area contributed by atoms with Crippen LogP contribution in [0.3, 0.4) is 0 Å². The normalized spacial score (nSPS) is 20.4. The minimum atomic E-state index is -0.324. The number of benzene rings is 1. The molecule has 2 aromatic rings. The van der Waals surface area contributed by atoms with Gasteiger partial charge in [-0.25, -0.2) is 9.37 Å². The van der Waals surface area contributed by atoms with Crippen molar-refractivity contribution in [2.75, 3.05) is 26.7 Å². The molecule has 3 rings (SSSR count). The lowest BCUT2D eigenvalue weighted by atomic mass is 10.00. The maximum Gasteiger partial charge on any atom is 0.259 e. The number of fused-ring (bicyclic) bond motifs is 1. The molecule has 0 bridgehead atoms. The Bertz CT molecular complexity index is 898. The van der Waals surface area contributed by atoms with E-state index < -0.39 is 0 Å². The van der Waals surface area contributed by atoms with Gasteiger partial charge in [0.05, 0.1) is 12.6 Å². The van der Waals surface area contributed by atoms with E-state index in [9.17, 15) is 14.3 Å². The van der Waals surface area contributed by atoms with E-state index >= 15 is 0 Å². The van der Waals surface area contributed by atoms with Gasteiger partial charge in [0, 0.05) is 36.2 Å². The van der Waals surface area contributed by atoms with E-state index in [0.717, 1.165) is 5.56 Å². The Labute approximate surface area is 184 Å². The number of carbonyl (C=O) groups excluding carboxylic acids is 1. The first-order valence-electron chi connectivity index (χ1n) is 9.95. The third-order valence-electron chi connectivity index (χ3n) is 5.32. The quantitative estimate of drug-likeness (QED) is 0.688. The number of rotatable bonds is 6. The fourth-order valence-corrected chi connectivity index (χ4v) is 3.94. The standard InChI is InChI=1S/C22H27BrFN3O3/c1-14-10-27(15(2)13-28)22(29)19-8-17(23)9-25-21(19)30-20(14)12-26(3)11-16-5-4-6-18(24)7-16/h4-9,14-15,20,28H,10-13H2,1-3H3/t14-,15+,20+/m0/s1. The molecule has 0 saturated carbocycles. The van der Waals surface area contributed by atoms with Crippen LogP contribution in [-0.4, -0.2) is 64.7 Å². The minimum Gasteiger partial charge on any atom is -0.472 e. The summed E-state index contributed by atoms with van der Waals surface area (Å²) in [5.74, 6) is -0.184. The van der Waals surface area contributed by atoms with Crippen LogP contribution in [0.4, 0.5) is 4.39 Å². The average molecular weight is 480 g/mol. The van der Waals surface area contributed by atoms with Crippen LogP contribution in [0.25, 0.3) is 0 Å². The molecule has 1 amide bonds. The second-order valence-electron chi connectivity index (χ2n) is 7.96. The van der Waals surface area contributed by atoms with Gasteiger partial charge in [-0.2, -0.15) is 0 Å². The average Bonchev–Trinajstić information content (AvgIpc) is 2.70. The van der Waals surface area contributed by atoms with E-state index in [-0.39, 0.29) is 42.3 Å². The Morgan fingerprint density at radius 1 is 1.43 bits per heavy atom. The highest BCUT2D eigenvalue weighted by Gasteiger charge is 2.34. The Kier molecular flexibility index (Phi) is 7.44. The number of aromatic nitrogens is 1. The third-order valence-corrected chi connectivity index (χ3v) is 5.75. The van der Waals surface area contributed by atoms with Crippen LogP contribution in [-0.2, 0) is 6.54 Å². The molecule has 162 valence electrons. The zero-order valence-electron chi connectivity index (χ0n) is 17.4. The zero-order valence-corrected chi connectivity index (χ0v) is 19.0. The Morgan fingerprint density at radius 3 is 2.90 bits per heavy atom. The van der Waals surface area contributed by atoms with Crippen molar-refractivity contribution in [1.29, 1.82) is 0 Å². The van der Waals surface area contributed by atoms with E-state index in [4.69, 9.17) is 4.74 Å². The van der Waals surface area contributed by atoms with Gasteiger partial charge in [0.25, 0.3) is 5.91 Å². The van der Waals surface area contributed by atoms with E-state index in [2.05, 4.69) is 25.8 Å². The number of nitrogens with zero attached hydrogens (tertiary/aromatic N) is 3. The van der Waals surface area contributed by atoms with Crippen LogP contribution in [0.5, 0.6) is 5.88 Å². The number of hydrogen-bond acceptors (Lipinski definition) is 5. The topological polar surface area (TPSA) is 65.9 Å². The lowest BCUT2D eigenvalue weighted by Gasteiger charge is -2.37. The van der Waals surface area contributed by atoms with Crippen molar-refractivity contribution in [3.8, 4) is 5.88 Å². The number of halogens is 2. The lowest BCUT2D eigenvalue weighted by Crippen LogP contribution is -2.49. The summed E-state index contributed by atoms with van der Waals surface area (Å²) in [6.45, 7) is 5.31. The third kappa shape index (κ3) is 5.36. The number of carbonyl (C=O) groups is 1. The van der Waals surface area contributed by atoms with Crippen molar-refractivity contribution in [3.05, 3.63) is 57.9 Å².